The topological polar surface area (TPSA) is 76.6 Å². The van der Waals surface area contributed by atoms with E-state index in [1.54, 1.807) is 35.8 Å². The number of hydrogen-bond donors (Lipinski definition) is 1. The van der Waals surface area contributed by atoms with E-state index in [1.165, 1.54) is 18.2 Å². The molecule has 0 saturated heterocycles. The van der Waals surface area contributed by atoms with Gasteiger partial charge in [0.05, 0.1) is 0 Å². The first-order chi connectivity index (χ1) is 14.0. The summed E-state index contributed by atoms with van der Waals surface area (Å²) in [5.41, 5.74) is 2.05. The smallest absolute Gasteiger partial charge is 0.395 e. The zero-order chi connectivity index (χ0) is 20.3. The van der Waals surface area contributed by atoms with E-state index in [1.807, 2.05) is 18.2 Å². The third kappa shape index (κ3) is 4.57. The summed E-state index contributed by atoms with van der Waals surface area (Å²) in [6.45, 7) is 0.635. The van der Waals surface area contributed by atoms with E-state index in [4.69, 9.17) is 0 Å². The molecule has 9 heteroatoms. The van der Waals surface area contributed by atoms with Gasteiger partial charge in [0, 0.05) is 49.6 Å². The van der Waals surface area contributed by atoms with Crippen LogP contribution in [0.5, 0.6) is 11.5 Å². The Morgan fingerprint density at radius 1 is 0.966 bits per heavy atom. The number of nitrogens with one attached hydrogen (secondary N) is 1. The van der Waals surface area contributed by atoms with E-state index in [9.17, 15) is 13.6 Å². The third-order valence-corrected chi connectivity index (χ3v) is 4.16. The molecule has 0 bridgehead atoms. The summed E-state index contributed by atoms with van der Waals surface area (Å²) in [4.78, 5) is 22.5. The van der Waals surface area contributed by atoms with Crippen LogP contribution in [0.2, 0.25) is 0 Å². The number of urea groups is 1. The van der Waals surface area contributed by atoms with Crippen molar-refractivity contribution in [2.24, 2.45) is 0 Å². The molecule has 1 aliphatic rings. The number of fused-ring (bicyclic) bond motifs is 1. The lowest BCUT2D eigenvalue weighted by Gasteiger charge is -2.23. The molecule has 0 fully saturated rings. The number of anilines is 1. The molecule has 7 nitrogen and oxygen atoms in total. The molecule has 3 heterocycles. The number of alkyl halides is 2. The van der Waals surface area contributed by atoms with Crippen LogP contribution < -0.4 is 14.8 Å². The Kier molecular flexibility index (Phi) is 4.94. The van der Waals surface area contributed by atoms with E-state index in [0.717, 1.165) is 11.1 Å². The van der Waals surface area contributed by atoms with Crippen LogP contribution in [-0.2, 0) is 13.1 Å². The van der Waals surface area contributed by atoms with E-state index >= 15 is 0 Å². The Balaban J connectivity index is 1.52. The second kappa shape index (κ2) is 7.70. The molecule has 4 rings (SSSR count). The molecular formula is C20H16F2N4O3. The molecule has 2 aromatic heterocycles. The van der Waals surface area contributed by atoms with Crippen LogP contribution in [0, 0.1) is 0 Å². The lowest BCUT2D eigenvalue weighted by atomic mass is 10.2. The molecule has 2 amide bonds. The number of aromatic nitrogens is 2. The second-order valence-corrected chi connectivity index (χ2v) is 6.33. The van der Waals surface area contributed by atoms with Crippen molar-refractivity contribution in [3.05, 3.63) is 78.4 Å². The molecule has 1 aliphatic heterocycles. The Morgan fingerprint density at radius 2 is 1.72 bits per heavy atom. The molecule has 1 aromatic carbocycles. The molecule has 0 unspecified atom stereocenters. The fraction of sp³-hybridized carbons (Fsp3) is 0.150. The highest BCUT2D eigenvalue weighted by atomic mass is 19.3. The summed E-state index contributed by atoms with van der Waals surface area (Å²) in [6.07, 6.45) is 2.91. The van der Waals surface area contributed by atoms with Crippen LogP contribution >= 0.6 is 0 Å². The average molecular weight is 398 g/mol. The lowest BCUT2D eigenvalue weighted by Crippen LogP contribution is -2.34. The number of rotatable bonds is 5. The maximum absolute atomic E-state index is 13.2. The highest BCUT2D eigenvalue weighted by molar-refractivity contribution is 5.89. The maximum atomic E-state index is 13.2. The van der Waals surface area contributed by atoms with Crippen LogP contribution in [0.25, 0.3) is 0 Å². The molecule has 3 aromatic rings. The molecule has 0 spiro atoms. The van der Waals surface area contributed by atoms with E-state index in [2.05, 4.69) is 24.8 Å². The van der Waals surface area contributed by atoms with Gasteiger partial charge in [-0.15, -0.1) is 8.78 Å². The quantitative estimate of drug-likeness (QED) is 0.702. The summed E-state index contributed by atoms with van der Waals surface area (Å²) in [6, 6.07) is 11.0. The Hall–Kier alpha value is -3.75. The van der Waals surface area contributed by atoms with Crippen molar-refractivity contribution < 1.29 is 23.0 Å². The summed E-state index contributed by atoms with van der Waals surface area (Å²) in [5.74, 6) is -0.224. The number of carbonyl (C=O) groups is 1. The Labute approximate surface area is 164 Å². The fourth-order valence-electron chi connectivity index (χ4n) is 2.85. The fourth-order valence-corrected chi connectivity index (χ4v) is 2.85. The van der Waals surface area contributed by atoms with E-state index < -0.39 is 12.3 Å². The Bertz CT molecular complexity index is 962. The molecule has 0 aliphatic carbocycles. The summed E-state index contributed by atoms with van der Waals surface area (Å²) >= 11 is 0. The van der Waals surface area contributed by atoms with Crippen LogP contribution in [0.4, 0.5) is 19.3 Å². The normalized spacial score (nSPS) is 13.7. The van der Waals surface area contributed by atoms with Crippen molar-refractivity contribution in [1.82, 2.24) is 14.9 Å². The van der Waals surface area contributed by atoms with Crippen molar-refractivity contribution >= 4 is 11.7 Å². The third-order valence-electron chi connectivity index (χ3n) is 4.16. The van der Waals surface area contributed by atoms with Gasteiger partial charge in [-0.05, 0) is 41.5 Å². The number of amides is 2. The van der Waals surface area contributed by atoms with Gasteiger partial charge >= 0.3 is 12.3 Å². The van der Waals surface area contributed by atoms with E-state index in [0.29, 0.717) is 18.8 Å². The van der Waals surface area contributed by atoms with Gasteiger partial charge in [0.25, 0.3) is 0 Å². The number of pyridine rings is 2. The number of nitrogens with zero attached hydrogens (tertiary/aromatic N) is 3. The van der Waals surface area contributed by atoms with Crippen molar-refractivity contribution in [3.8, 4) is 11.5 Å². The first-order valence-electron chi connectivity index (χ1n) is 8.72. The van der Waals surface area contributed by atoms with Gasteiger partial charge < -0.3 is 19.7 Å². The van der Waals surface area contributed by atoms with E-state index in [-0.39, 0.29) is 11.5 Å². The SMILES string of the molecule is O=C(Nc1ccc2c(c1)OC(F)(F)O2)N(Cc1ccncc1)Cc1cccnc1. The monoisotopic (exact) mass is 398 g/mol. The van der Waals surface area contributed by atoms with Gasteiger partial charge in [-0.3, -0.25) is 9.97 Å². The van der Waals surface area contributed by atoms with Crippen LogP contribution in [0.1, 0.15) is 11.1 Å². The van der Waals surface area contributed by atoms with Crippen molar-refractivity contribution in [2.75, 3.05) is 5.32 Å². The number of ether oxygens (including phenoxy) is 2. The Morgan fingerprint density at radius 3 is 2.48 bits per heavy atom. The predicted molar refractivity (Wildman–Crippen MR) is 99.4 cm³/mol. The van der Waals surface area contributed by atoms with Crippen molar-refractivity contribution in [2.45, 2.75) is 19.4 Å². The zero-order valence-electron chi connectivity index (χ0n) is 15.1. The molecule has 0 radical (unpaired) electrons. The van der Waals surface area contributed by atoms with Gasteiger partial charge in [0.15, 0.2) is 11.5 Å². The highest BCUT2D eigenvalue weighted by Gasteiger charge is 2.43. The van der Waals surface area contributed by atoms with Gasteiger partial charge in [-0.25, -0.2) is 4.79 Å². The van der Waals surface area contributed by atoms with Gasteiger partial charge in [0.2, 0.25) is 0 Å². The number of hydrogen-bond acceptors (Lipinski definition) is 5. The average Bonchev–Trinajstić information content (AvgIpc) is 3.02. The van der Waals surface area contributed by atoms with Gasteiger partial charge in [0.1, 0.15) is 0 Å². The second-order valence-electron chi connectivity index (χ2n) is 6.33. The first-order valence-corrected chi connectivity index (χ1v) is 8.72. The van der Waals surface area contributed by atoms with Gasteiger partial charge in [-0.1, -0.05) is 6.07 Å². The zero-order valence-corrected chi connectivity index (χ0v) is 15.1. The molecule has 0 saturated carbocycles. The molecular weight excluding hydrogens is 382 g/mol. The van der Waals surface area contributed by atoms with Crippen molar-refractivity contribution in [3.63, 3.8) is 0 Å². The van der Waals surface area contributed by atoms with Gasteiger partial charge in [-0.2, -0.15) is 0 Å². The number of halogens is 2. The minimum absolute atomic E-state index is 0.0861. The largest absolute Gasteiger partial charge is 0.586 e. The number of benzene rings is 1. The molecule has 29 heavy (non-hydrogen) atoms. The molecule has 148 valence electrons. The number of carbonyl (C=O) groups excluding carboxylic acids is 1. The van der Waals surface area contributed by atoms with Crippen LogP contribution in [0.3, 0.4) is 0 Å². The first kappa shape index (κ1) is 18.6. The van der Waals surface area contributed by atoms with Crippen LogP contribution in [0.15, 0.2) is 67.3 Å². The lowest BCUT2D eigenvalue weighted by molar-refractivity contribution is -0.286. The predicted octanol–water partition coefficient (Wildman–Crippen LogP) is 4.03. The summed E-state index contributed by atoms with van der Waals surface area (Å²) in [5, 5.41) is 2.71. The van der Waals surface area contributed by atoms with Crippen molar-refractivity contribution in [1.29, 1.82) is 0 Å². The summed E-state index contributed by atoms with van der Waals surface area (Å²) < 4.78 is 35.2. The maximum Gasteiger partial charge on any atom is 0.586 e. The van der Waals surface area contributed by atoms with Crippen LogP contribution in [-0.4, -0.2) is 27.2 Å². The molecule has 1 N–H and O–H groups in total. The molecule has 0 atom stereocenters. The minimum Gasteiger partial charge on any atom is -0.395 e. The summed E-state index contributed by atoms with van der Waals surface area (Å²) in [7, 11) is 0. The highest BCUT2D eigenvalue weighted by Crippen LogP contribution is 2.42. The standard InChI is InChI=1S/C20H16F2N4O3/c21-20(22)28-17-4-3-16(10-18(17)29-20)25-19(27)26(12-14-5-8-23-9-6-14)13-15-2-1-7-24-11-15/h1-11H,12-13H2,(H,25,27). The minimum atomic E-state index is -3.71.